The number of carbonyl (C=O) groups excluding carboxylic acids is 2. The predicted molar refractivity (Wildman–Crippen MR) is 119 cm³/mol. The molecule has 0 atom stereocenters. The molecule has 0 aliphatic rings. The van der Waals surface area contributed by atoms with Crippen molar-refractivity contribution >= 4 is 67.9 Å². The van der Waals surface area contributed by atoms with E-state index in [4.69, 9.17) is 23.2 Å². The molecule has 0 aliphatic heterocycles. The summed E-state index contributed by atoms with van der Waals surface area (Å²) in [4.78, 5) is 24.4. The number of thiophene rings is 1. The number of hydrogen-bond donors (Lipinski definition) is 3. The van der Waals surface area contributed by atoms with E-state index in [-0.39, 0.29) is 10.1 Å². The normalized spacial score (nSPS) is 11.0. The Balaban J connectivity index is 1.65. The lowest BCUT2D eigenvalue weighted by atomic mass is 10.1. The highest BCUT2D eigenvalue weighted by Gasteiger charge is 2.20. The molecule has 0 saturated heterocycles. The zero-order chi connectivity index (χ0) is 21.9. The van der Waals surface area contributed by atoms with E-state index in [0.717, 1.165) is 11.3 Å². The summed E-state index contributed by atoms with van der Waals surface area (Å²) in [7, 11) is -4.02. The fourth-order valence-electron chi connectivity index (χ4n) is 2.45. The first-order valence-corrected chi connectivity index (χ1v) is 11.5. The number of amides is 3. The van der Waals surface area contributed by atoms with Crippen LogP contribution in [0.15, 0.2) is 58.8 Å². The summed E-state index contributed by atoms with van der Waals surface area (Å²) in [6, 6.07) is 13.0. The van der Waals surface area contributed by atoms with Crippen molar-refractivity contribution in [1.29, 1.82) is 0 Å². The molecule has 30 heavy (non-hydrogen) atoms. The van der Waals surface area contributed by atoms with Gasteiger partial charge in [0.1, 0.15) is 4.21 Å². The van der Waals surface area contributed by atoms with Gasteiger partial charge in [0.2, 0.25) is 0 Å². The van der Waals surface area contributed by atoms with Crippen LogP contribution >= 0.6 is 34.5 Å². The van der Waals surface area contributed by atoms with Gasteiger partial charge in [0, 0.05) is 22.0 Å². The van der Waals surface area contributed by atoms with Crippen molar-refractivity contribution in [2.75, 3.05) is 10.6 Å². The molecule has 7 nitrogen and oxygen atoms in total. The van der Waals surface area contributed by atoms with E-state index in [2.05, 4.69) is 10.6 Å². The van der Waals surface area contributed by atoms with Crippen molar-refractivity contribution in [1.82, 2.24) is 4.72 Å². The maximum Gasteiger partial charge on any atom is 0.333 e. The van der Waals surface area contributed by atoms with Gasteiger partial charge in [0.15, 0.2) is 0 Å². The highest BCUT2D eigenvalue weighted by molar-refractivity contribution is 7.92. The summed E-state index contributed by atoms with van der Waals surface area (Å²) >= 11 is 12.4. The lowest BCUT2D eigenvalue weighted by molar-refractivity contribution is 0.102. The Bertz CT molecular complexity index is 1210. The fourth-order valence-corrected chi connectivity index (χ4v) is 4.96. The lowest BCUT2D eigenvalue weighted by Gasteiger charge is -2.12. The topological polar surface area (TPSA) is 104 Å². The van der Waals surface area contributed by atoms with Crippen molar-refractivity contribution < 1.29 is 18.0 Å². The van der Waals surface area contributed by atoms with E-state index in [1.807, 2.05) is 4.72 Å². The molecule has 0 spiro atoms. The Morgan fingerprint density at radius 3 is 2.23 bits per heavy atom. The molecule has 3 rings (SSSR count). The number of aryl methyl sites for hydroxylation is 1. The first kappa shape index (κ1) is 22.1. The molecule has 156 valence electrons. The minimum absolute atomic E-state index is 0.0703. The van der Waals surface area contributed by atoms with Crippen molar-refractivity contribution in [3.63, 3.8) is 0 Å². The van der Waals surface area contributed by atoms with Gasteiger partial charge >= 0.3 is 6.03 Å². The van der Waals surface area contributed by atoms with Crippen LogP contribution in [0.2, 0.25) is 9.36 Å². The zero-order valence-corrected chi connectivity index (χ0v) is 18.5. The molecule has 11 heteroatoms. The second-order valence-electron chi connectivity index (χ2n) is 6.11. The third-order valence-electron chi connectivity index (χ3n) is 3.88. The first-order chi connectivity index (χ1) is 14.1. The lowest BCUT2D eigenvalue weighted by Crippen LogP contribution is -2.33. The van der Waals surface area contributed by atoms with Crippen LogP contribution in [0.5, 0.6) is 0 Å². The van der Waals surface area contributed by atoms with E-state index in [1.54, 1.807) is 49.4 Å². The van der Waals surface area contributed by atoms with E-state index in [0.29, 0.717) is 31.9 Å². The van der Waals surface area contributed by atoms with Crippen LogP contribution in [0.3, 0.4) is 0 Å². The second-order valence-corrected chi connectivity index (χ2v) is 10.2. The third kappa shape index (κ3) is 5.51. The van der Waals surface area contributed by atoms with E-state index in [9.17, 15) is 18.0 Å². The Morgan fingerprint density at radius 2 is 1.63 bits per heavy atom. The number of urea groups is 1. The molecule has 0 fully saturated rings. The molecule has 1 aromatic heterocycles. The van der Waals surface area contributed by atoms with Crippen molar-refractivity contribution in [3.05, 3.63) is 75.1 Å². The molecular weight excluding hydrogens is 469 g/mol. The van der Waals surface area contributed by atoms with Crippen LogP contribution in [-0.4, -0.2) is 20.4 Å². The summed E-state index contributed by atoms with van der Waals surface area (Å²) in [5.74, 6) is -0.311. The Kier molecular flexibility index (Phi) is 6.67. The van der Waals surface area contributed by atoms with Crippen LogP contribution in [0.4, 0.5) is 16.2 Å². The van der Waals surface area contributed by atoms with Gasteiger partial charge in [-0.25, -0.2) is 17.9 Å². The maximum absolute atomic E-state index is 12.3. The quantitative estimate of drug-likeness (QED) is 0.467. The van der Waals surface area contributed by atoms with Crippen LogP contribution in [0, 0.1) is 6.92 Å². The largest absolute Gasteiger partial charge is 0.333 e. The van der Waals surface area contributed by atoms with Gasteiger partial charge in [-0.05, 0) is 67.1 Å². The van der Waals surface area contributed by atoms with E-state index in [1.165, 1.54) is 12.1 Å². The first-order valence-electron chi connectivity index (χ1n) is 8.41. The molecule has 2 aromatic carbocycles. The number of hydrogen-bond acceptors (Lipinski definition) is 5. The number of carbonyl (C=O) groups is 2. The molecule has 3 amide bonds. The van der Waals surface area contributed by atoms with Gasteiger partial charge in [0.05, 0.1) is 4.34 Å². The molecule has 0 bridgehead atoms. The number of rotatable bonds is 5. The average molecular weight is 484 g/mol. The molecule has 0 unspecified atom stereocenters. The van der Waals surface area contributed by atoms with Gasteiger partial charge < -0.3 is 10.6 Å². The average Bonchev–Trinajstić information content (AvgIpc) is 3.11. The minimum Gasteiger partial charge on any atom is -0.322 e. The molecule has 0 aliphatic carbocycles. The number of halogens is 2. The number of anilines is 2. The van der Waals surface area contributed by atoms with E-state index < -0.39 is 16.1 Å². The van der Waals surface area contributed by atoms with E-state index >= 15 is 0 Å². The SMILES string of the molecule is Cc1cc(NC(=O)NS(=O)(=O)c2ccc(Cl)s2)ccc1NC(=O)c1ccc(Cl)cc1. The summed E-state index contributed by atoms with van der Waals surface area (Å²) in [5.41, 5.74) is 2.01. The Morgan fingerprint density at radius 1 is 0.933 bits per heavy atom. The van der Waals surface area contributed by atoms with Crippen LogP contribution in [0.25, 0.3) is 0 Å². The molecule has 0 radical (unpaired) electrons. The minimum atomic E-state index is -4.02. The van der Waals surface area contributed by atoms with Crippen LogP contribution in [-0.2, 0) is 10.0 Å². The number of benzene rings is 2. The predicted octanol–water partition coefficient (Wildman–Crippen LogP) is 5.13. The summed E-state index contributed by atoms with van der Waals surface area (Å²) in [6.07, 6.45) is 0. The molecular formula is C19H15Cl2N3O4S2. The molecule has 1 heterocycles. The van der Waals surface area contributed by atoms with Gasteiger partial charge in [0.25, 0.3) is 15.9 Å². The van der Waals surface area contributed by atoms with Crippen molar-refractivity contribution in [2.24, 2.45) is 0 Å². The van der Waals surface area contributed by atoms with Gasteiger partial charge in [-0.15, -0.1) is 11.3 Å². The summed E-state index contributed by atoms with van der Waals surface area (Å²) in [6.45, 7) is 1.74. The summed E-state index contributed by atoms with van der Waals surface area (Å²) < 4.78 is 26.5. The number of nitrogens with one attached hydrogen (secondary N) is 3. The monoisotopic (exact) mass is 483 g/mol. The van der Waals surface area contributed by atoms with Crippen LogP contribution in [0.1, 0.15) is 15.9 Å². The Hall–Kier alpha value is -2.59. The standard InChI is InChI=1S/C19H15Cl2N3O4S2/c1-11-10-14(22-19(26)24-30(27,28)17-9-8-16(21)29-17)6-7-15(11)23-18(25)12-2-4-13(20)5-3-12/h2-10H,1H3,(H,23,25)(H2,22,24,26). The molecule has 0 saturated carbocycles. The van der Waals surface area contributed by atoms with Crippen molar-refractivity contribution in [2.45, 2.75) is 11.1 Å². The maximum atomic E-state index is 12.3. The van der Waals surface area contributed by atoms with Gasteiger partial charge in [-0.1, -0.05) is 23.2 Å². The second kappa shape index (κ2) is 9.05. The smallest absolute Gasteiger partial charge is 0.322 e. The number of sulfonamides is 1. The molecule has 3 N–H and O–H groups in total. The third-order valence-corrected chi connectivity index (χ3v) is 7.19. The van der Waals surface area contributed by atoms with Gasteiger partial charge in [-0.2, -0.15) is 0 Å². The van der Waals surface area contributed by atoms with Crippen LogP contribution < -0.4 is 15.4 Å². The fraction of sp³-hybridized carbons (Fsp3) is 0.0526. The highest BCUT2D eigenvalue weighted by Crippen LogP contribution is 2.25. The Labute approximate surface area is 187 Å². The summed E-state index contributed by atoms with van der Waals surface area (Å²) in [5, 5.41) is 5.75. The highest BCUT2D eigenvalue weighted by atomic mass is 35.5. The molecule has 3 aromatic rings. The zero-order valence-electron chi connectivity index (χ0n) is 15.4. The van der Waals surface area contributed by atoms with Gasteiger partial charge in [-0.3, -0.25) is 4.79 Å². The van der Waals surface area contributed by atoms with Crippen molar-refractivity contribution in [3.8, 4) is 0 Å².